The van der Waals surface area contributed by atoms with Gasteiger partial charge in [0.1, 0.15) is 11.6 Å². The number of hydrogen-bond acceptors (Lipinski definition) is 6. The molecule has 4 rings (SSSR count). The van der Waals surface area contributed by atoms with Crippen LogP contribution >= 0.6 is 11.6 Å². The molecular weight excluding hydrogens is 526 g/mol. The minimum Gasteiger partial charge on any atom is -0.383 e. The summed E-state index contributed by atoms with van der Waals surface area (Å²) >= 11 is 5.92. The molecule has 1 aliphatic rings. The van der Waals surface area contributed by atoms with Gasteiger partial charge in [-0.2, -0.15) is 0 Å². The molecule has 1 aliphatic carbocycles. The van der Waals surface area contributed by atoms with Crippen molar-refractivity contribution in [3.63, 3.8) is 0 Å². The quantitative estimate of drug-likeness (QED) is 0.199. The van der Waals surface area contributed by atoms with Crippen molar-refractivity contribution in [2.45, 2.75) is 58.9 Å². The molecule has 0 atom stereocenters. The molecular formula is C31H42ClN5O3. The molecule has 1 heterocycles. The fourth-order valence-corrected chi connectivity index (χ4v) is 4.13. The fourth-order valence-electron chi connectivity index (χ4n) is 4.00. The maximum absolute atomic E-state index is 12.4. The Balaban J connectivity index is 0.000000354. The molecule has 1 fully saturated rings. The standard InChI is InChI=1S/C21H21ClN4O.C6H12.C4H9NO2/c1-3-23-20-12-19(25-14(2)26-20)13-24-21(27)17-6-4-15(5-7-17)16-8-10-18(22)11-9-16;1-2-4-6-5-3-1;1-7-3-2-5-4-6/h4-12H,3,13H2,1-2H3,(H,24,27)(H,23,25,26);1-6H2;4H,2-3H2,1H3,(H,5,6). The summed E-state index contributed by atoms with van der Waals surface area (Å²) in [5, 5.41) is 9.21. The van der Waals surface area contributed by atoms with Crippen molar-refractivity contribution >= 4 is 29.7 Å². The number of aryl methyl sites for hydroxylation is 1. The first kappa shape index (κ1) is 32.7. The van der Waals surface area contributed by atoms with E-state index in [0.29, 0.717) is 42.5 Å². The van der Waals surface area contributed by atoms with E-state index >= 15 is 0 Å². The summed E-state index contributed by atoms with van der Waals surface area (Å²) in [6.07, 6.45) is 9.65. The van der Waals surface area contributed by atoms with E-state index in [1.54, 1.807) is 7.11 Å². The molecule has 0 saturated heterocycles. The Hall–Kier alpha value is -3.49. The summed E-state index contributed by atoms with van der Waals surface area (Å²) < 4.78 is 4.62. The zero-order valence-corrected chi connectivity index (χ0v) is 24.6. The maximum atomic E-state index is 12.4. The number of aromatic nitrogens is 2. The van der Waals surface area contributed by atoms with E-state index < -0.39 is 0 Å². The van der Waals surface area contributed by atoms with E-state index in [1.165, 1.54) is 38.5 Å². The van der Waals surface area contributed by atoms with Gasteiger partial charge in [-0.1, -0.05) is 74.4 Å². The highest BCUT2D eigenvalue weighted by Gasteiger charge is 2.08. The lowest BCUT2D eigenvalue weighted by atomic mass is 10.0. The largest absolute Gasteiger partial charge is 0.383 e. The molecule has 0 aliphatic heterocycles. The summed E-state index contributed by atoms with van der Waals surface area (Å²) in [7, 11) is 1.59. The zero-order chi connectivity index (χ0) is 29.0. The van der Waals surface area contributed by atoms with Gasteiger partial charge in [-0.25, -0.2) is 9.97 Å². The number of rotatable bonds is 10. The molecule has 8 nitrogen and oxygen atoms in total. The Labute approximate surface area is 243 Å². The summed E-state index contributed by atoms with van der Waals surface area (Å²) in [6.45, 7) is 6.15. The minimum atomic E-state index is -0.140. The molecule has 3 N–H and O–H groups in total. The number of amides is 2. The SMILES string of the molecule is C1CCCCC1.CCNc1cc(CNC(=O)c2ccc(-c3ccc(Cl)cc3)cc2)nc(C)n1.COCCNC=O. The van der Waals surface area contributed by atoms with Crippen LogP contribution in [0.2, 0.25) is 5.02 Å². The van der Waals surface area contributed by atoms with Crippen LogP contribution in [0.15, 0.2) is 54.6 Å². The van der Waals surface area contributed by atoms with Crippen LogP contribution in [-0.4, -0.2) is 49.1 Å². The van der Waals surface area contributed by atoms with Crippen LogP contribution in [0.25, 0.3) is 11.1 Å². The molecule has 0 radical (unpaired) electrons. The number of nitrogens with one attached hydrogen (secondary N) is 3. The van der Waals surface area contributed by atoms with E-state index in [0.717, 1.165) is 29.2 Å². The highest BCUT2D eigenvalue weighted by atomic mass is 35.5. The molecule has 1 aromatic heterocycles. The van der Waals surface area contributed by atoms with Gasteiger partial charge in [-0.3, -0.25) is 9.59 Å². The lowest BCUT2D eigenvalue weighted by Gasteiger charge is -2.09. The molecule has 9 heteroatoms. The van der Waals surface area contributed by atoms with Gasteiger partial charge in [0.15, 0.2) is 0 Å². The molecule has 0 bridgehead atoms. The van der Waals surface area contributed by atoms with Gasteiger partial charge in [0.2, 0.25) is 6.41 Å². The van der Waals surface area contributed by atoms with Crippen molar-refractivity contribution in [1.29, 1.82) is 0 Å². The van der Waals surface area contributed by atoms with Crippen LogP contribution in [0.4, 0.5) is 5.82 Å². The van der Waals surface area contributed by atoms with Crippen LogP contribution in [0.3, 0.4) is 0 Å². The molecule has 40 heavy (non-hydrogen) atoms. The van der Waals surface area contributed by atoms with Crippen molar-refractivity contribution in [3.05, 3.63) is 76.7 Å². The van der Waals surface area contributed by atoms with Crippen LogP contribution in [0, 0.1) is 6.92 Å². The van der Waals surface area contributed by atoms with Crippen molar-refractivity contribution < 1.29 is 14.3 Å². The van der Waals surface area contributed by atoms with Gasteiger partial charge in [0.25, 0.3) is 5.91 Å². The minimum absolute atomic E-state index is 0.140. The molecule has 0 spiro atoms. The van der Waals surface area contributed by atoms with Gasteiger partial charge < -0.3 is 20.7 Å². The van der Waals surface area contributed by atoms with Crippen LogP contribution in [0.5, 0.6) is 0 Å². The third-order valence-corrected chi connectivity index (χ3v) is 6.29. The first-order valence-corrected chi connectivity index (χ1v) is 14.2. The Bertz CT molecular complexity index is 1130. The normalized spacial score (nSPS) is 12.1. The first-order chi connectivity index (χ1) is 19.5. The lowest BCUT2D eigenvalue weighted by Crippen LogP contribution is -2.23. The summed E-state index contributed by atoms with van der Waals surface area (Å²) in [4.78, 5) is 30.6. The van der Waals surface area contributed by atoms with Crippen LogP contribution in [0.1, 0.15) is 67.3 Å². The summed E-state index contributed by atoms with van der Waals surface area (Å²) in [6, 6.07) is 16.9. The van der Waals surface area contributed by atoms with Crippen molar-refractivity contribution in [2.24, 2.45) is 0 Å². The number of halogens is 1. The second-order valence-electron chi connectivity index (χ2n) is 9.28. The number of methoxy groups -OCH3 is 1. The third-order valence-electron chi connectivity index (χ3n) is 6.04. The lowest BCUT2D eigenvalue weighted by molar-refractivity contribution is -0.109. The molecule has 1 saturated carbocycles. The Kier molecular flexibility index (Phi) is 16.0. The average molecular weight is 568 g/mol. The van der Waals surface area contributed by atoms with E-state index in [1.807, 2.05) is 68.4 Å². The molecule has 0 unspecified atom stereocenters. The van der Waals surface area contributed by atoms with Crippen molar-refractivity contribution in [1.82, 2.24) is 20.6 Å². The smallest absolute Gasteiger partial charge is 0.251 e. The predicted octanol–water partition coefficient (Wildman–Crippen LogP) is 6.19. The molecule has 2 amide bonds. The van der Waals surface area contributed by atoms with Crippen LogP contribution in [-0.2, 0) is 16.1 Å². The molecule has 216 valence electrons. The summed E-state index contributed by atoms with van der Waals surface area (Å²) in [5.74, 6) is 1.30. The number of ether oxygens (including phenoxy) is 1. The van der Waals surface area contributed by atoms with E-state index in [2.05, 4.69) is 30.7 Å². The van der Waals surface area contributed by atoms with Crippen molar-refractivity contribution in [2.75, 3.05) is 32.1 Å². The second-order valence-corrected chi connectivity index (χ2v) is 9.71. The first-order valence-electron chi connectivity index (χ1n) is 13.9. The van der Waals surface area contributed by atoms with E-state index in [9.17, 15) is 9.59 Å². The van der Waals surface area contributed by atoms with Crippen LogP contribution < -0.4 is 16.0 Å². The van der Waals surface area contributed by atoms with Crippen molar-refractivity contribution in [3.8, 4) is 11.1 Å². The predicted molar refractivity (Wildman–Crippen MR) is 163 cm³/mol. The van der Waals surface area contributed by atoms with Gasteiger partial charge in [0.05, 0.1) is 18.8 Å². The summed E-state index contributed by atoms with van der Waals surface area (Å²) in [5.41, 5.74) is 3.46. The van der Waals surface area contributed by atoms with Gasteiger partial charge in [0, 0.05) is 36.9 Å². The Morgan fingerprint density at radius 1 is 0.950 bits per heavy atom. The number of benzene rings is 2. The average Bonchev–Trinajstić information content (AvgIpc) is 2.98. The number of anilines is 1. The molecule has 3 aromatic rings. The zero-order valence-electron chi connectivity index (χ0n) is 23.8. The highest BCUT2D eigenvalue weighted by molar-refractivity contribution is 6.30. The number of carbonyl (C=O) groups excluding carboxylic acids is 2. The monoisotopic (exact) mass is 567 g/mol. The van der Waals surface area contributed by atoms with Gasteiger partial charge in [-0.05, 0) is 49.2 Å². The third kappa shape index (κ3) is 13.0. The second kappa shape index (κ2) is 19.6. The maximum Gasteiger partial charge on any atom is 0.251 e. The molecule has 2 aromatic carbocycles. The number of nitrogens with zero attached hydrogens (tertiary/aromatic N) is 2. The number of carbonyl (C=O) groups is 2. The highest BCUT2D eigenvalue weighted by Crippen LogP contribution is 2.22. The fraction of sp³-hybridized carbons (Fsp3) is 0.419. The number of hydrogen-bond donors (Lipinski definition) is 3. The van der Waals surface area contributed by atoms with E-state index in [4.69, 9.17) is 11.6 Å². The topological polar surface area (TPSA) is 105 Å². The van der Waals surface area contributed by atoms with Gasteiger partial charge in [-0.15, -0.1) is 0 Å². The van der Waals surface area contributed by atoms with E-state index in [-0.39, 0.29) is 5.91 Å². The Morgan fingerprint density at radius 2 is 1.52 bits per heavy atom. The van der Waals surface area contributed by atoms with Gasteiger partial charge >= 0.3 is 0 Å². The Morgan fingerprint density at radius 3 is 2.05 bits per heavy atom.